The molecule has 1 aromatic carbocycles. The van der Waals surface area contributed by atoms with Gasteiger partial charge in [0.05, 0.1) is 5.92 Å². The van der Waals surface area contributed by atoms with Crippen LogP contribution in [-0.4, -0.2) is 25.5 Å². The molecule has 1 unspecified atom stereocenters. The number of piperidine rings is 1. The smallest absolute Gasteiger partial charge is 0.227 e. The Morgan fingerprint density at radius 2 is 2.05 bits per heavy atom. The molecule has 1 aliphatic heterocycles. The van der Waals surface area contributed by atoms with E-state index in [0.717, 1.165) is 38.0 Å². The molecule has 1 amide bonds. The number of rotatable bonds is 5. The highest BCUT2D eigenvalue weighted by Crippen LogP contribution is 2.29. The molecular weight excluding hydrogens is 296 g/mol. The lowest BCUT2D eigenvalue weighted by atomic mass is 9.80. The molecule has 22 heavy (non-hydrogen) atoms. The summed E-state index contributed by atoms with van der Waals surface area (Å²) in [4.78, 5) is 12.7. The maximum absolute atomic E-state index is 12.7. The van der Waals surface area contributed by atoms with Crippen LogP contribution in [0.15, 0.2) is 24.3 Å². The van der Waals surface area contributed by atoms with Gasteiger partial charge in [-0.1, -0.05) is 44.5 Å². The van der Waals surface area contributed by atoms with Crippen molar-refractivity contribution in [3.8, 4) is 0 Å². The van der Waals surface area contributed by atoms with Crippen LogP contribution in [0.25, 0.3) is 0 Å². The minimum Gasteiger partial charge on any atom is -0.355 e. The molecule has 0 aromatic heterocycles. The Kier molecular flexibility index (Phi) is 5.87. The first-order chi connectivity index (χ1) is 10.4. The Morgan fingerprint density at radius 1 is 1.36 bits per heavy atom. The van der Waals surface area contributed by atoms with Crippen molar-refractivity contribution < 1.29 is 4.79 Å². The highest BCUT2D eigenvalue weighted by Gasteiger charge is 2.30. The van der Waals surface area contributed by atoms with Crippen LogP contribution < -0.4 is 10.6 Å². The van der Waals surface area contributed by atoms with Crippen molar-refractivity contribution in [3.05, 3.63) is 34.9 Å². The number of nitrogens with one attached hydrogen (secondary N) is 2. The van der Waals surface area contributed by atoms with Crippen molar-refractivity contribution >= 4 is 17.5 Å². The topological polar surface area (TPSA) is 41.1 Å². The summed E-state index contributed by atoms with van der Waals surface area (Å²) in [6.45, 7) is 9.24. The van der Waals surface area contributed by atoms with Gasteiger partial charge in [0.1, 0.15) is 0 Å². The van der Waals surface area contributed by atoms with Gasteiger partial charge in [-0.2, -0.15) is 0 Å². The number of carbonyl (C=O) groups excluding carboxylic acids is 1. The number of amides is 1. The predicted molar refractivity (Wildman–Crippen MR) is 92.3 cm³/mol. The molecule has 0 aliphatic carbocycles. The Bertz CT molecular complexity index is 510. The molecule has 1 atom stereocenters. The van der Waals surface area contributed by atoms with E-state index in [0.29, 0.717) is 5.02 Å². The van der Waals surface area contributed by atoms with E-state index in [1.807, 2.05) is 24.3 Å². The van der Waals surface area contributed by atoms with Crippen LogP contribution in [0.1, 0.15) is 45.1 Å². The predicted octanol–water partition coefficient (Wildman–Crippen LogP) is 3.59. The number of benzene rings is 1. The van der Waals surface area contributed by atoms with Gasteiger partial charge in [-0.05, 0) is 55.0 Å². The molecule has 1 aliphatic rings. The summed E-state index contributed by atoms with van der Waals surface area (Å²) in [5.74, 6) is 0.195. The second kappa shape index (κ2) is 7.47. The fraction of sp³-hybridized carbons (Fsp3) is 0.611. The Hall–Kier alpha value is -1.06. The van der Waals surface area contributed by atoms with Gasteiger partial charge in [-0.3, -0.25) is 4.79 Å². The van der Waals surface area contributed by atoms with E-state index in [1.165, 1.54) is 0 Å². The quantitative estimate of drug-likeness (QED) is 0.870. The summed E-state index contributed by atoms with van der Waals surface area (Å²) in [5.41, 5.74) is 1.20. The van der Waals surface area contributed by atoms with E-state index in [4.69, 9.17) is 11.6 Å². The van der Waals surface area contributed by atoms with Crippen LogP contribution in [0.4, 0.5) is 0 Å². The molecular formula is C18H27ClN2O. The number of halogens is 1. The first kappa shape index (κ1) is 17.3. The number of carbonyl (C=O) groups is 1. The molecule has 1 saturated heterocycles. The zero-order chi connectivity index (χ0) is 16.2. The fourth-order valence-corrected chi connectivity index (χ4v) is 3.36. The van der Waals surface area contributed by atoms with Gasteiger partial charge < -0.3 is 10.6 Å². The molecule has 2 rings (SSSR count). The van der Waals surface area contributed by atoms with Crippen LogP contribution in [0.5, 0.6) is 0 Å². The second-order valence-electron chi connectivity index (χ2n) is 7.06. The molecule has 2 N–H and O–H groups in total. The normalized spacial score (nSPS) is 19.0. The van der Waals surface area contributed by atoms with Crippen LogP contribution in [0.3, 0.4) is 0 Å². The van der Waals surface area contributed by atoms with Gasteiger partial charge in [-0.15, -0.1) is 0 Å². The van der Waals surface area contributed by atoms with Crippen LogP contribution in [-0.2, 0) is 4.79 Å². The largest absolute Gasteiger partial charge is 0.355 e. The summed E-state index contributed by atoms with van der Waals surface area (Å²) in [7, 11) is 0. The highest BCUT2D eigenvalue weighted by molar-refractivity contribution is 6.30. The van der Waals surface area contributed by atoms with E-state index >= 15 is 0 Å². The Balaban J connectivity index is 2.04. The first-order valence-electron chi connectivity index (χ1n) is 8.15. The van der Waals surface area contributed by atoms with Crippen molar-refractivity contribution in [1.29, 1.82) is 0 Å². The van der Waals surface area contributed by atoms with Crippen LogP contribution in [0, 0.1) is 11.3 Å². The van der Waals surface area contributed by atoms with Gasteiger partial charge in [0.25, 0.3) is 0 Å². The van der Waals surface area contributed by atoms with E-state index in [-0.39, 0.29) is 23.2 Å². The summed E-state index contributed by atoms with van der Waals surface area (Å²) >= 11 is 6.08. The molecule has 4 heteroatoms. The maximum Gasteiger partial charge on any atom is 0.227 e. The molecule has 0 saturated carbocycles. The zero-order valence-electron chi connectivity index (χ0n) is 13.8. The van der Waals surface area contributed by atoms with Gasteiger partial charge >= 0.3 is 0 Å². The molecule has 1 heterocycles. The molecule has 3 nitrogen and oxygen atoms in total. The number of hydrogen-bond acceptors (Lipinski definition) is 2. The van der Waals surface area contributed by atoms with Crippen molar-refractivity contribution in [2.45, 2.75) is 39.5 Å². The minimum absolute atomic E-state index is 0.108. The monoisotopic (exact) mass is 322 g/mol. The van der Waals surface area contributed by atoms with Gasteiger partial charge in [0.2, 0.25) is 5.91 Å². The summed E-state index contributed by atoms with van der Waals surface area (Å²) in [6, 6.07) is 7.64. The average Bonchev–Trinajstić information content (AvgIpc) is 2.46. The lowest BCUT2D eigenvalue weighted by Gasteiger charge is -2.35. The SMILES string of the molecule is CC(C)C(C(=O)NCC1(C)CCNCC1)c1cccc(Cl)c1. The van der Waals surface area contributed by atoms with Gasteiger partial charge in [0.15, 0.2) is 0 Å². The van der Waals surface area contributed by atoms with E-state index < -0.39 is 0 Å². The summed E-state index contributed by atoms with van der Waals surface area (Å²) in [5, 5.41) is 7.24. The van der Waals surface area contributed by atoms with Gasteiger partial charge in [-0.25, -0.2) is 0 Å². The van der Waals surface area contributed by atoms with Crippen molar-refractivity contribution in [2.75, 3.05) is 19.6 Å². The summed E-state index contributed by atoms with van der Waals surface area (Å²) in [6.07, 6.45) is 2.22. The highest BCUT2D eigenvalue weighted by atomic mass is 35.5. The third-order valence-electron chi connectivity index (χ3n) is 4.66. The van der Waals surface area contributed by atoms with Crippen molar-refractivity contribution in [2.24, 2.45) is 11.3 Å². The lowest BCUT2D eigenvalue weighted by Crippen LogP contribution is -2.44. The average molecular weight is 323 g/mol. The van der Waals surface area contributed by atoms with Crippen LogP contribution >= 0.6 is 11.6 Å². The zero-order valence-corrected chi connectivity index (χ0v) is 14.5. The number of hydrogen-bond donors (Lipinski definition) is 2. The van der Waals surface area contributed by atoms with Gasteiger partial charge in [0, 0.05) is 11.6 Å². The Morgan fingerprint density at radius 3 is 2.64 bits per heavy atom. The third-order valence-corrected chi connectivity index (χ3v) is 4.89. The molecule has 1 aromatic rings. The second-order valence-corrected chi connectivity index (χ2v) is 7.49. The van der Waals surface area contributed by atoms with E-state index in [2.05, 4.69) is 31.4 Å². The lowest BCUT2D eigenvalue weighted by molar-refractivity contribution is -0.124. The van der Waals surface area contributed by atoms with E-state index in [1.54, 1.807) is 0 Å². The minimum atomic E-state index is -0.149. The van der Waals surface area contributed by atoms with Crippen LogP contribution in [0.2, 0.25) is 5.02 Å². The van der Waals surface area contributed by atoms with Crippen molar-refractivity contribution in [3.63, 3.8) is 0 Å². The molecule has 0 radical (unpaired) electrons. The third kappa shape index (κ3) is 4.47. The molecule has 0 spiro atoms. The fourth-order valence-electron chi connectivity index (χ4n) is 3.16. The Labute approximate surface area is 138 Å². The first-order valence-corrected chi connectivity index (χ1v) is 8.53. The summed E-state index contributed by atoms with van der Waals surface area (Å²) < 4.78 is 0. The molecule has 0 bridgehead atoms. The maximum atomic E-state index is 12.7. The van der Waals surface area contributed by atoms with Crippen molar-refractivity contribution in [1.82, 2.24) is 10.6 Å². The molecule has 122 valence electrons. The van der Waals surface area contributed by atoms with E-state index in [9.17, 15) is 4.79 Å². The standard InChI is InChI=1S/C18H27ClN2O/c1-13(2)16(14-5-4-6-15(19)11-14)17(22)21-12-18(3)7-9-20-10-8-18/h4-6,11,13,16,20H,7-10,12H2,1-3H3,(H,21,22). The molecule has 1 fully saturated rings.